The van der Waals surface area contributed by atoms with E-state index in [1.165, 1.54) is 0 Å². The number of aliphatic hydroxyl groups excluding tert-OH is 4. The molecule has 6 rings (SSSR count). The normalized spacial score (nSPS) is 15.8. The van der Waals surface area contributed by atoms with Crippen molar-refractivity contribution in [2.45, 2.75) is 96.5 Å². The fourth-order valence-electron chi connectivity index (χ4n) is 7.47. The molecule has 0 aromatic heterocycles. The predicted molar refractivity (Wildman–Crippen MR) is 224 cm³/mol. The van der Waals surface area contributed by atoms with Gasteiger partial charge in [0.15, 0.2) is 17.6 Å². The Hall–Kier alpha value is -5.05. The minimum Gasteiger partial charge on any atom is -0.493 e. The average Bonchev–Trinajstić information content (AvgIpc) is 3.77. The molecule has 14 heteroatoms. The Morgan fingerprint density at radius 2 is 1.31 bits per heavy atom. The predicted octanol–water partition coefficient (Wildman–Crippen LogP) is 7.62. The molecule has 59 heavy (non-hydrogen) atoms. The lowest BCUT2D eigenvalue weighted by molar-refractivity contribution is 0.0853. The lowest BCUT2D eigenvalue weighted by Gasteiger charge is -2.28. The van der Waals surface area contributed by atoms with Crippen LogP contribution >= 0.6 is 11.6 Å². The third kappa shape index (κ3) is 10.8. The lowest BCUT2D eigenvalue weighted by atomic mass is 9.93. The third-order valence-electron chi connectivity index (χ3n) is 10.7. The van der Waals surface area contributed by atoms with Gasteiger partial charge in [0.1, 0.15) is 11.9 Å². The Labute approximate surface area is 349 Å². The van der Waals surface area contributed by atoms with Gasteiger partial charge in [0, 0.05) is 28.3 Å². The van der Waals surface area contributed by atoms with Gasteiger partial charge in [-0.3, -0.25) is 4.79 Å². The van der Waals surface area contributed by atoms with E-state index < -0.39 is 12.3 Å². The molecule has 2 aliphatic heterocycles. The quantitative estimate of drug-likeness (QED) is 0.0429. The molecule has 4 aromatic carbocycles. The van der Waals surface area contributed by atoms with Crippen molar-refractivity contribution in [1.82, 2.24) is 5.32 Å². The van der Waals surface area contributed by atoms with Gasteiger partial charge in [-0.15, -0.1) is 0 Å². The molecular formula is C45H54ClN3O10. The van der Waals surface area contributed by atoms with E-state index in [9.17, 15) is 25.2 Å². The maximum Gasteiger partial charge on any atom is 0.255 e. The third-order valence-corrected chi connectivity index (χ3v) is 11.0. The first-order valence-electron chi connectivity index (χ1n) is 20.1. The van der Waals surface area contributed by atoms with Gasteiger partial charge >= 0.3 is 0 Å². The van der Waals surface area contributed by atoms with E-state index in [1.807, 2.05) is 30.3 Å². The summed E-state index contributed by atoms with van der Waals surface area (Å²) >= 11 is 6.06. The van der Waals surface area contributed by atoms with Gasteiger partial charge in [-0.1, -0.05) is 61.3 Å². The lowest BCUT2D eigenvalue weighted by Crippen LogP contribution is -2.38. The molecule has 0 aliphatic carbocycles. The Bertz CT molecular complexity index is 2040. The van der Waals surface area contributed by atoms with Gasteiger partial charge in [-0.2, -0.15) is 0 Å². The number of ether oxygens (including phenoxy) is 4. The molecule has 0 bridgehead atoms. The van der Waals surface area contributed by atoms with Crippen LogP contribution in [0.4, 0.5) is 5.69 Å². The number of benzene rings is 4. The van der Waals surface area contributed by atoms with Gasteiger partial charge in [0.05, 0.1) is 65.1 Å². The molecule has 4 aromatic rings. The smallest absolute Gasteiger partial charge is 0.255 e. The number of hydrogen-bond donors (Lipinski definition) is 6. The highest BCUT2D eigenvalue weighted by Gasteiger charge is 2.28. The van der Waals surface area contributed by atoms with E-state index >= 15 is 0 Å². The standard InChI is InChI=1S/C45H54ClN3O10/c1-55-41-20-29(38-23-40(59-49-38)30-18-31(24-50)36(27-53)32(19-30)25-51)21-42(56-2)43(41)58-16-10-8-6-4-3-5-7-9-15-57-39-14-11-28(17-33(39)26-52)44-47-37-13-12-34(46)22-35(37)45(54)48-44/h11-14,17-22,40,44,47,50-53H,3-10,15-16,23-27H2,1-2H3,(H,48,54). The zero-order chi connectivity index (χ0) is 41.7. The van der Waals surface area contributed by atoms with Crippen LogP contribution in [0.5, 0.6) is 23.0 Å². The Morgan fingerprint density at radius 3 is 1.92 bits per heavy atom. The molecule has 0 saturated heterocycles. The van der Waals surface area contributed by atoms with E-state index in [0.29, 0.717) is 86.9 Å². The summed E-state index contributed by atoms with van der Waals surface area (Å²) in [7, 11) is 3.17. The van der Waals surface area contributed by atoms with Gasteiger partial charge in [0.25, 0.3) is 5.91 Å². The largest absolute Gasteiger partial charge is 0.493 e. The van der Waals surface area contributed by atoms with Crippen molar-refractivity contribution in [1.29, 1.82) is 0 Å². The molecule has 2 atom stereocenters. The zero-order valence-corrected chi connectivity index (χ0v) is 34.4. The highest BCUT2D eigenvalue weighted by Crippen LogP contribution is 2.41. The topological polar surface area (TPSA) is 181 Å². The molecule has 2 heterocycles. The highest BCUT2D eigenvalue weighted by atomic mass is 35.5. The second kappa shape index (κ2) is 21.3. The number of fused-ring (bicyclic) bond motifs is 1. The van der Waals surface area contributed by atoms with Crippen LogP contribution in [0.1, 0.15) is 119 Å². The van der Waals surface area contributed by atoms with Crippen molar-refractivity contribution in [3.05, 3.63) is 110 Å². The summed E-state index contributed by atoms with van der Waals surface area (Å²) in [5.41, 5.74) is 6.50. The van der Waals surface area contributed by atoms with Crippen LogP contribution in [0, 0.1) is 0 Å². The van der Waals surface area contributed by atoms with Crippen LogP contribution in [-0.2, 0) is 31.3 Å². The zero-order valence-electron chi connectivity index (χ0n) is 33.6. The van der Waals surface area contributed by atoms with Crippen LogP contribution in [0.15, 0.2) is 65.8 Å². The van der Waals surface area contributed by atoms with Crippen molar-refractivity contribution in [3.63, 3.8) is 0 Å². The number of rotatable bonds is 22. The average molecular weight is 832 g/mol. The van der Waals surface area contributed by atoms with E-state index in [2.05, 4.69) is 15.8 Å². The summed E-state index contributed by atoms with van der Waals surface area (Å²) in [4.78, 5) is 18.4. The summed E-state index contributed by atoms with van der Waals surface area (Å²) in [6.07, 6.45) is 8.00. The molecule has 2 aliphatic rings. The Morgan fingerprint density at radius 1 is 0.695 bits per heavy atom. The van der Waals surface area contributed by atoms with Crippen molar-refractivity contribution in [2.75, 3.05) is 32.8 Å². The fraction of sp³-hybridized carbons (Fsp3) is 0.422. The van der Waals surface area contributed by atoms with Gasteiger partial charge < -0.3 is 54.8 Å². The minimum atomic E-state index is -0.436. The van der Waals surface area contributed by atoms with E-state index in [-0.39, 0.29) is 32.3 Å². The minimum absolute atomic E-state index is 0.173. The van der Waals surface area contributed by atoms with E-state index in [4.69, 9.17) is 35.4 Å². The van der Waals surface area contributed by atoms with E-state index in [0.717, 1.165) is 68.1 Å². The number of halogens is 1. The first-order chi connectivity index (χ1) is 28.8. The summed E-state index contributed by atoms with van der Waals surface area (Å²) in [6, 6.07) is 18.0. The summed E-state index contributed by atoms with van der Waals surface area (Å²) < 4.78 is 23.6. The molecular weight excluding hydrogens is 778 g/mol. The van der Waals surface area contributed by atoms with Crippen molar-refractivity contribution in [3.8, 4) is 23.0 Å². The number of methoxy groups -OCH3 is 2. The molecule has 13 nitrogen and oxygen atoms in total. The molecule has 0 fully saturated rings. The van der Waals surface area contributed by atoms with E-state index in [1.54, 1.807) is 44.6 Å². The van der Waals surface area contributed by atoms with Crippen LogP contribution in [0.3, 0.4) is 0 Å². The highest BCUT2D eigenvalue weighted by molar-refractivity contribution is 6.31. The SMILES string of the molecule is COc1cc(C2=NOC(c3cc(CO)c(CO)c(CO)c3)C2)cc(OC)c1OCCCCCCCCCCOc1ccc(C2NC(=O)c3cc(Cl)ccc3N2)cc1CO. The first-order valence-corrected chi connectivity index (χ1v) is 20.5. The van der Waals surface area contributed by atoms with Crippen LogP contribution in [0.25, 0.3) is 0 Å². The van der Waals surface area contributed by atoms with Crippen LogP contribution < -0.4 is 29.6 Å². The number of carbonyl (C=O) groups excluding carboxylic acids is 1. The number of amides is 1. The number of carbonyl (C=O) groups is 1. The van der Waals surface area contributed by atoms with Gasteiger partial charge in [-0.05, 0) is 95.3 Å². The molecule has 0 saturated carbocycles. The van der Waals surface area contributed by atoms with Crippen molar-refractivity contribution >= 4 is 28.9 Å². The van der Waals surface area contributed by atoms with Crippen LogP contribution in [0.2, 0.25) is 5.02 Å². The monoisotopic (exact) mass is 831 g/mol. The van der Waals surface area contributed by atoms with Gasteiger partial charge in [-0.25, -0.2) is 0 Å². The maximum absolute atomic E-state index is 12.7. The first kappa shape index (κ1) is 43.5. The second-order valence-electron chi connectivity index (χ2n) is 14.6. The maximum atomic E-state index is 12.7. The number of oxime groups is 1. The van der Waals surface area contributed by atoms with Crippen LogP contribution in [-0.4, -0.2) is 59.5 Å². The summed E-state index contributed by atoms with van der Waals surface area (Å²) in [5, 5.41) is 50.5. The summed E-state index contributed by atoms with van der Waals surface area (Å²) in [5.74, 6) is 2.02. The Balaban J connectivity index is 0.877. The summed E-state index contributed by atoms with van der Waals surface area (Å²) in [6.45, 7) is 0.0905. The molecule has 0 radical (unpaired) electrons. The second-order valence-corrected chi connectivity index (χ2v) is 15.1. The number of unbranched alkanes of at least 4 members (excludes halogenated alkanes) is 7. The molecule has 1 amide bonds. The molecule has 0 spiro atoms. The fourth-order valence-corrected chi connectivity index (χ4v) is 7.64. The number of aliphatic hydroxyl groups is 4. The molecule has 316 valence electrons. The van der Waals surface area contributed by atoms with Crippen molar-refractivity contribution in [2.24, 2.45) is 5.16 Å². The number of nitrogens with one attached hydrogen (secondary N) is 2. The molecule has 2 unspecified atom stereocenters. The van der Waals surface area contributed by atoms with Gasteiger partial charge in [0.2, 0.25) is 5.75 Å². The molecule has 6 N–H and O–H groups in total. The number of hydrogen-bond acceptors (Lipinski definition) is 12. The number of nitrogens with zero attached hydrogens (tertiary/aromatic N) is 1. The Kier molecular flexibility index (Phi) is 15.7. The van der Waals surface area contributed by atoms with Crippen molar-refractivity contribution < 1.29 is 49.0 Å². The number of anilines is 1.